The monoisotopic (exact) mass is 302 g/mol. The lowest BCUT2D eigenvalue weighted by atomic mass is 9.91. The number of hydrogen-bond donors (Lipinski definition) is 2. The Labute approximate surface area is 133 Å². The summed E-state index contributed by atoms with van der Waals surface area (Å²) in [6.07, 6.45) is 6.23. The number of nitriles is 1. The lowest BCUT2D eigenvalue weighted by molar-refractivity contribution is 0.0694. The Bertz CT molecular complexity index is 490. The number of rotatable bonds is 7. The number of hydrogen-bond acceptors (Lipinski definition) is 4. The number of benzene rings is 1. The van der Waals surface area contributed by atoms with Gasteiger partial charge < -0.3 is 10.2 Å². The van der Waals surface area contributed by atoms with Crippen molar-refractivity contribution >= 4 is 0 Å². The van der Waals surface area contributed by atoms with Crippen LogP contribution < -0.4 is 0 Å². The van der Waals surface area contributed by atoms with Crippen LogP contribution in [-0.4, -0.2) is 33.8 Å². The maximum atomic E-state index is 9.69. The number of aliphatic hydroxyl groups excluding tert-OH is 1. The smallest absolute Gasteiger partial charge is 0.115 e. The summed E-state index contributed by atoms with van der Waals surface area (Å²) in [7, 11) is 0. The molecule has 0 amide bonds. The first-order valence-corrected chi connectivity index (χ1v) is 8.26. The Morgan fingerprint density at radius 1 is 1.18 bits per heavy atom. The molecule has 1 aromatic carbocycles. The van der Waals surface area contributed by atoms with E-state index in [0.717, 1.165) is 57.2 Å². The highest BCUT2D eigenvalue weighted by atomic mass is 16.3. The molecule has 22 heavy (non-hydrogen) atoms. The highest BCUT2D eigenvalue weighted by Crippen LogP contribution is 2.25. The molecule has 1 aliphatic rings. The van der Waals surface area contributed by atoms with Gasteiger partial charge in [-0.05, 0) is 62.8 Å². The first kappa shape index (κ1) is 16.8. The predicted octanol–water partition coefficient (Wildman–Crippen LogP) is 3.19. The summed E-state index contributed by atoms with van der Waals surface area (Å²) in [4.78, 5) is 2.46. The molecule has 0 atom stereocenters. The van der Waals surface area contributed by atoms with E-state index < -0.39 is 0 Å². The van der Waals surface area contributed by atoms with Crippen LogP contribution in [0.1, 0.15) is 50.5 Å². The summed E-state index contributed by atoms with van der Waals surface area (Å²) >= 11 is 0. The second-order valence-electron chi connectivity index (χ2n) is 6.22. The van der Waals surface area contributed by atoms with Crippen LogP contribution in [0.5, 0.6) is 5.75 Å². The van der Waals surface area contributed by atoms with Crippen LogP contribution in [0.4, 0.5) is 0 Å². The van der Waals surface area contributed by atoms with Gasteiger partial charge in [-0.3, -0.25) is 4.90 Å². The Hall–Kier alpha value is -1.57. The fourth-order valence-electron chi connectivity index (χ4n) is 3.22. The largest absolute Gasteiger partial charge is 0.508 e. The maximum absolute atomic E-state index is 9.69. The summed E-state index contributed by atoms with van der Waals surface area (Å²) < 4.78 is 0. The van der Waals surface area contributed by atoms with Crippen molar-refractivity contribution in [2.45, 2.75) is 63.6 Å². The average Bonchev–Trinajstić information content (AvgIpc) is 2.51. The van der Waals surface area contributed by atoms with Gasteiger partial charge >= 0.3 is 0 Å². The van der Waals surface area contributed by atoms with Gasteiger partial charge in [0.15, 0.2) is 0 Å². The third-order valence-electron chi connectivity index (χ3n) is 4.46. The SMILES string of the molecule is N#CCCCCN(Cc1cccc(O)c1)C1CCC(O)CC1. The first-order chi connectivity index (χ1) is 10.7. The summed E-state index contributed by atoms with van der Waals surface area (Å²) in [5.74, 6) is 0.306. The summed E-state index contributed by atoms with van der Waals surface area (Å²) in [5, 5.41) is 28.0. The van der Waals surface area contributed by atoms with E-state index >= 15 is 0 Å². The minimum absolute atomic E-state index is 0.141. The zero-order chi connectivity index (χ0) is 15.8. The van der Waals surface area contributed by atoms with Crippen molar-refractivity contribution in [1.29, 1.82) is 5.26 Å². The lowest BCUT2D eigenvalue weighted by Crippen LogP contribution is -2.39. The van der Waals surface area contributed by atoms with Gasteiger partial charge in [0.1, 0.15) is 5.75 Å². The van der Waals surface area contributed by atoms with Gasteiger partial charge in [-0.1, -0.05) is 12.1 Å². The van der Waals surface area contributed by atoms with Gasteiger partial charge in [-0.2, -0.15) is 5.26 Å². The number of aromatic hydroxyl groups is 1. The molecule has 0 aliphatic heterocycles. The zero-order valence-electron chi connectivity index (χ0n) is 13.1. The van der Waals surface area contributed by atoms with E-state index in [9.17, 15) is 10.2 Å². The lowest BCUT2D eigenvalue weighted by Gasteiger charge is -2.36. The van der Waals surface area contributed by atoms with Crippen LogP contribution in [0.25, 0.3) is 0 Å². The second-order valence-corrected chi connectivity index (χ2v) is 6.22. The van der Waals surface area contributed by atoms with Crippen LogP contribution in [0.2, 0.25) is 0 Å². The van der Waals surface area contributed by atoms with Crippen molar-refractivity contribution in [3.8, 4) is 11.8 Å². The fourth-order valence-corrected chi connectivity index (χ4v) is 3.22. The van der Waals surface area contributed by atoms with Crippen molar-refractivity contribution in [3.05, 3.63) is 29.8 Å². The molecular formula is C18H26N2O2. The summed E-state index contributed by atoms with van der Waals surface area (Å²) in [6, 6.07) is 10.1. The molecule has 0 radical (unpaired) electrons. The van der Waals surface area contributed by atoms with Crippen LogP contribution in [0.15, 0.2) is 24.3 Å². The summed E-state index contributed by atoms with van der Waals surface area (Å²) in [6.45, 7) is 1.79. The molecule has 2 rings (SSSR count). The van der Waals surface area contributed by atoms with Crippen molar-refractivity contribution in [2.75, 3.05) is 6.54 Å². The highest BCUT2D eigenvalue weighted by Gasteiger charge is 2.24. The topological polar surface area (TPSA) is 67.5 Å². The van der Waals surface area contributed by atoms with Crippen LogP contribution in [0.3, 0.4) is 0 Å². The molecule has 0 heterocycles. The minimum atomic E-state index is -0.141. The molecular weight excluding hydrogens is 276 g/mol. The van der Waals surface area contributed by atoms with Gasteiger partial charge in [0.2, 0.25) is 0 Å². The zero-order valence-corrected chi connectivity index (χ0v) is 13.1. The third kappa shape index (κ3) is 5.32. The van der Waals surface area contributed by atoms with E-state index in [-0.39, 0.29) is 6.10 Å². The van der Waals surface area contributed by atoms with E-state index in [0.29, 0.717) is 18.2 Å². The van der Waals surface area contributed by atoms with Crippen LogP contribution in [-0.2, 0) is 6.54 Å². The van der Waals surface area contributed by atoms with Crippen molar-refractivity contribution in [2.24, 2.45) is 0 Å². The maximum Gasteiger partial charge on any atom is 0.115 e. The van der Waals surface area contributed by atoms with Gasteiger partial charge in [0, 0.05) is 19.0 Å². The molecule has 120 valence electrons. The van der Waals surface area contributed by atoms with Crippen molar-refractivity contribution in [1.82, 2.24) is 4.90 Å². The van der Waals surface area contributed by atoms with Crippen molar-refractivity contribution < 1.29 is 10.2 Å². The van der Waals surface area contributed by atoms with Crippen LogP contribution in [0, 0.1) is 11.3 Å². The molecule has 1 aromatic rings. The number of phenols is 1. The summed E-state index contributed by atoms with van der Waals surface area (Å²) in [5.41, 5.74) is 1.12. The normalized spacial score (nSPS) is 21.7. The van der Waals surface area contributed by atoms with Gasteiger partial charge in [0.25, 0.3) is 0 Å². The Morgan fingerprint density at radius 2 is 1.95 bits per heavy atom. The Morgan fingerprint density at radius 3 is 2.64 bits per heavy atom. The number of unbranched alkanes of at least 4 members (excludes halogenated alkanes) is 2. The second kappa shape index (κ2) is 8.77. The van der Waals surface area contributed by atoms with Crippen LogP contribution >= 0.6 is 0 Å². The molecule has 1 saturated carbocycles. The van der Waals surface area contributed by atoms with Gasteiger partial charge in [0.05, 0.1) is 12.2 Å². The Balaban J connectivity index is 1.96. The number of nitrogens with zero attached hydrogens (tertiary/aromatic N) is 2. The highest BCUT2D eigenvalue weighted by molar-refractivity contribution is 5.27. The molecule has 1 aliphatic carbocycles. The molecule has 0 saturated heterocycles. The molecule has 0 unspecified atom stereocenters. The van der Waals surface area contributed by atoms with E-state index in [4.69, 9.17) is 5.26 Å². The number of phenolic OH excluding ortho intramolecular Hbond substituents is 1. The number of aliphatic hydroxyl groups is 1. The molecule has 0 aromatic heterocycles. The quantitative estimate of drug-likeness (QED) is 0.759. The standard InChI is InChI=1S/C18H26N2O2/c19-11-2-1-3-12-20(16-7-9-17(21)10-8-16)14-15-5-4-6-18(22)13-15/h4-6,13,16-17,21-22H,1-3,7-10,12,14H2. The van der Waals surface area contributed by atoms with Gasteiger partial charge in [-0.15, -0.1) is 0 Å². The predicted molar refractivity (Wildman–Crippen MR) is 86.2 cm³/mol. The molecule has 1 fully saturated rings. The van der Waals surface area contributed by atoms with E-state index in [1.165, 1.54) is 0 Å². The van der Waals surface area contributed by atoms with E-state index in [2.05, 4.69) is 11.0 Å². The molecule has 0 spiro atoms. The van der Waals surface area contributed by atoms with E-state index in [1.54, 1.807) is 6.07 Å². The van der Waals surface area contributed by atoms with Gasteiger partial charge in [-0.25, -0.2) is 0 Å². The molecule has 4 nitrogen and oxygen atoms in total. The molecule has 0 bridgehead atoms. The third-order valence-corrected chi connectivity index (χ3v) is 4.46. The fraction of sp³-hybridized carbons (Fsp3) is 0.611. The molecule has 4 heteroatoms. The Kier molecular flexibility index (Phi) is 6.70. The molecule has 2 N–H and O–H groups in total. The minimum Gasteiger partial charge on any atom is -0.508 e. The van der Waals surface area contributed by atoms with E-state index in [1.807, 2.05) is 18.2 Å². The van der Waals surface area contributed by atoms with Crippen molar-refractivity contribution in [3.63, 3.8) is 0 Å². The first-order valence-electron chi connectivity index (χ1n) is 8.26. The average molecular weight is 302 g/mol.